The van der Waals surface area contributed by atoms with Crippen molar-refractivity contribution in [2.24, 2.45) is 0 Å². The molecule has 1 aliphatic rings. The minimum atomic E-state index is -0.0241. The van der Waals surface area contributed by atoms with Gasteiger partial charge in [-0.2, -0.15) is 0 Å². The van der Waals surface area contributed by atoms with Crippen LogP contribution in [0.25, 0.3) is 0 Å². The Balaban J connectivity index is 1.70. The Hall–Kier alpha value is -3.07. The Morgan fingerprint density at radius 1 is 0.920 bits per heavy atom. The smallest absolute Gasteiger partial charge is 0.262 e. The molecule has 124 valence electrons. The second-order valence-corrected chi connectivity index (χ2v) is 6.27. The lowest BCUT2D eigenvalue weighted by atomic mass is 10.1. The lowest BCUT2D eigenvalue weighted by molar-refractivity contribution is 0.0979. The number of nitrogens with zero attached hydrogens (tertiary/aromatic N) is 1. The number of carbonyl (C=O) groups is 1. The van der Waals surface area contributed by atoms with Gasteiger partial charge in [0.1, 0.15) is 11.5 Å². The monoisotopic (exact) mass is 329 g/mol. The molecule has 0 radical (unpaired) electrons. The number of carbonyl (C=O) groups excluding carboxylic acids is 1. The minimum Gasteiger partial charge on any atom is -0.457 e. The molecule has 0 saturated carbocycles. The van der Waals surface area contributed by atoms with Crippen LogP contribution in [0.3, 0.4) is 0 Å². The van der Waals surface area contributed by atoms with Crippen molar-refractivity contribution in [1.29, 1.82) is 0 Å². The van der Waals surface area contributed by atoms with E-state index < -0.39 is 0 Å². The number of fused-ring (bicyclic) bond motifs is 1. The number of amides is 1. The number of hydrogen-bond acceptors (Lipinski definition) is 2. The SMILES string of the molecule is CC1Cc2ccccc2N1C(=O)c1ccccc1Oc1ccccc1. The second-order valence-electron chi connectivity index (χ2n) is 6.27. The van der Waals surface area contributed by atoms with Crippen LogP contribution in [0.4, 0.5) is 5.69 Å². The first-order valence-electron chi connectivity index (χ1n) is 8.47. The zero-order valence-electron chi connectivity index (χ0n) is 14.1. The molecule has 0 spiro atoms. The summed E-state index contributed by atoms with van der Waals surface area (Å²) in [4.78, 5) is 15.2. The fraction of sp³-hybridized carbons (Fsp3) is 0.136. The van der Waals surface area contributed by atoms with Gasteiger partial charge in [0.2, 0.25) is 0 Å². The molecule has 0 saturated heterocycles. The van der Waals surface area contributed by atoms with Crippen LogP contribution >= 0.6 is 0 Å². The van der Waals surface area contributed by atoms with Gasteiger partial charge in [-0.05, 0) is 49.2 Å². The summed E-state index contributed by atoms with van der Waals surface area (Å²) in [5.74, 6) is 1.27. The predicted molar refractivity (Wildman–Crippen MR) is 99.4 cm³/mol. The van der Waals surface area contributed by atoms with E-state index in [1.165, 1.54) is 5.56 Å². The van der Waals surface area contributed by atoms with E-state index in [-0.39, 0.29) is 11.9 Å². The average Bonchev–Trinajstić information content (AvgIpc) is 2.98. The Morgan fingerprint density at radius 3 is 2.44 bits per heavy atom. The van der Waals surface area contributed by atoms with Crippen molar-refractivity contribution in [1.82, 2.24) is 0 Å². The third-order valence-electron chi connectivity index (χ3n) is 4.51. The van der Waals surface area contributed by atoms with Crippen molar-refractivity contribution in [2.75, 3.05) is 4.90 Å². The lowest BCUT2D eigenvalue weighted by Gasteiger charge is -2.24. The van der Waals surface area contributed by atoms with Gasteiger partial charge in [0.15, 0.2) is 0 Å². The highest BCUT2D eigenvalue weighted by Gasteiger charge is 2.32. The van der Waals surface area contributed by atoms with Gasteiger partial charge in [0, 0.05) is 11.7 Å². The molecule has 3 heteroatoms. The van der Waals surface area contributed by atoms with Crippen molar-refractivity contribution < 1.29 is 9.53 Å². The van der Waals surface area contributed by atoms with Gasteiger partial charge in [0.25, 0.3) is 5.91 Å². The summed E-state index contributed by atoms with van der Waals surface area (Å²) in [7, 11) is 0. The molecule has 3 aromatic carbocycles. The molecule has 0 bridgehead atoms. The van der Waals surface area contributed by atoms with Crippen LogP contribution in [0.1, 0.15) is 22.8 Å². The highest BCUT2D eigenvalue weighted by molar-refractivity contribution is 6.09. The zero-order chi connectivity index (χ0) is 17.2. The quantitative estimate of drug-likeness (QED) is 0.671. The van der Waals surface area contributed by atoms with Gasteiger partial charge in [-0.3, -0.25) is 4.79 Å². The first kappa shape index (κ1) is 15.5. The molecular weight excluding hydrogens is 310 g/mol. The minimum absolute atomic E-state index is 0.0241. The summed E-state index contributed by atoms with van der Waals surface area (Å²) < 4.78 is 5.97. The normalized spacial score (nSPS) is 15.7. The molecule has 1 aliphatic heterocycles. The van der Waals surface area contributed by atoms with E-state index in [1.807, 2.05) is 77.7 Å². The molecule has 0 aliphatic carbocycles. The topological polar surface area (TPSA) is 29.5 Å². The van der Waals surface area contributed by atoms with Crippen LogP contribution in [-0.2, 0) is 6.42 Å². The van der Waals surface area contributed by atoms with Crippen molar-refractivity contribution in [3.8, 4) is 11.5 Å². The van der Waals surface area contributed by atoms with E-state index in [4.69, 9.17) is 4.74 Å². The molecule has 1 atom stereocenters. The van der Waals surface area contributed by atoms with E-state index >= 15 is 0 Å². The third kappa shape index (κ3) is 2.89. The summed E-state index contributed by atoms with van der Waals surface area (Å²) in [6.45, 7) is 2.08. The summed E-state index contributed by atoms with van der Waals surface area (Å²) in [5.41, 5.74) is 2.79. The zero-order valence-corrected chi connectivity index (χ0v) is 14.1. The molecule has 1 amide bonds. The highest BCUT2D eigenvalue weighted by atomic mass is 16.5. The van der Waals surface area contributed by atoms with Gasteiger partial charge in [-0.25, -0.2) is 0 Å². The Bertz CT molecular complexity index is 905. The summed E-state index contributed by atoms with van der Waals surface area (Å²) in [6, 6.07) is 25.2. The van der Waals surface area contributed by atoms with Crippen molar-refractivity contribution in [3.63, 3.8) is 0 Å². The Morgan fingerprint density at radius 2 is 1.60 bits per heavy atom. The number of para-hydroxylation sites is 3. The first-order chi connectivity index (χ1) is 12.2. The van der Waals surface area contributed by atoms with Gasteiger partial charge in [-0.15, -0.1) is 0 Å². The van der Waals surface area contributed by atoms with Crippen molar-refractivity contribution in [2.45, 2.75) is 19.4 Å². The largest absolute Gasteiger partial charge is 0.457 e. The molecule has 0 fully saturated rings. The molecule has 4 rings (SSSR count). The summed E-state index contributed by atoms with van der Waals surface area (Å²) in [6.07, 6.45) is 0.879. The second kappa shape index (κ2) is 6.44. The molecule has 1 unspecified atom stereocenters. The molecule has 3 nitrogen and oxygen atoms in total. The fourth-order valence-electron chi connectivity index (χ4n) is 3.35. The van der Waals surface area contributed by atoms with E-state index in [9.17, 15) is 4.79 Å². The highest BCUT2D eigenvalue weighted by Crippen LogP contribution is 2.35. The molecule has 0 aromatic heterocycles. The maximum absolute atomic E-state index is 13.3. The van der Waals surface area contributed by atoms with Gasteiger partial charge >= 0.3 is 0 Å². The third-order valence-corrected chi connectivity index (χ3v) is 4.51. The first-order valence-corrected chi connectivity index (χ1v) is 8.47. The number of hydrogen-bond donors (Lipinski definition) is 0. The van der Waals surface area contributed by atoms with Crippen molar-refractivity contribution in [3.05, 3.63) is 90.0 Å². The van der Waals surface area contributed by atoms with E-state index in [2.05, 4.69) is 13.0 Å². The summed E-state index contributed by atoms with van der Waals surface area (Å²) >= 11 is 0. The molecular formula is C22H19NO2. The molecule has 1 heterocycles. The van der Waals surface area contributed by atoms with Crippen LogP contribution in [-0.4, -0.2) is 11.9 Å². The van der Waals surface area contributed by atoms with Gasteiger partial charge in [-0.1, -0.05) is 48.5 Å². The van der Waals surface area contributed by atoms with Crippen LogP contribution < -0.4 is 9.64 Å². The average molecular weight is 329 g/mol. The number of ether oxygens (including phenoxy) is 1. The van der Waals surface area contributed by atoms with E-state index in [0.29, 0.717) is 11.3 Å². The van der Waals surface area contributed by atoms with Crippen LogP contribution in [0, 0.1) is 0 Å². The van der Waals surface area contributed by atoms with Crippen molar-refractivity contribution >= 4 is 11.6 Å². The van der Waals surface area contributed by atoms with Gasteiger partial charge in [0.05, 0.1) is 5.56 Å². The lowest BCUT2D eigenvalue weighted by Crippen LogP contribution is -2.35. The molecule has 0 N–H and O–H groups in total. The van der Waals surface area contributed by atoms with Crippen LogP contribution in [0.2, 0.25) is 0 Å². The Labute approximate surface area is 147 Å². The standard InChI is InChI=1S/C22H19NO2/c1-16-15-17-9-5-7-13-20(17)23(16)22(24)19-12-6-8-14-21(19)25-18-10-3-2-4-11-18/h2-14,16H,15H2,1H3. The van der Waals surface area contributed by atoms with E-state index in [1.54, 1.807) is 0 Å². The maximum Gasteiger partial charge on any atom is 0.262 e. The Kier molecular flexibility index (Phi) is 3.98. The van der Waals surface area contributed by atoms with Crippen LogP contribution in [0.5, 0.6) is 11.5 Å². The predicted octanol–water partition coefficient (Wildman–Crippen LogP) is 5.07. The molecule has 3 aromatic rings. The summed E-state index contributed by atoms with van der Waals surface area (Å²) in [5, 5.41) is 0. The van der Waals surface area contributed by atoms with Gasteiger partial charge < -0.3 is 9.64 Å². The number of rotatable bonds is 3. The molecule has 25 heavy (non-hydrogen) atoms. The van der Waals surface area contributed by atoms with E-state index in [0.717, 1.165) is 17.9 Å². The fourth-order valence-corrected chi connectivity index (χ4v) is 3.35. The maximum atomic E-state index is 13.3. The number of anilines is 1. The van der Waals surface area contributed by atoms with Crippen LogP contribution in [0.15, 0.2) is 78.9 Å². The number of benzene rings is 3.